The number of carbonyl (C=O) groups excluding carboxylic acids is 1. The SMILES string of the molecule is COc1cc(C2=C(c3ccncc3)[N+]3=C2C(=O)NCC3)ncc1OCc1ccc(C(C)C)cc1. The molecular formula is C27H27N4O3+. The highest BCUT2D eigenvalue weighted by atomic mass is 16.5. The molecule has 4 heterocycles. The molecule has 0 saturated carbocycles. The number of aromatic nitrogens is 2. The van der Waals surface area contributed by atoms with E-state index >= 15 is 0 Å². The summed E-state index contributed by atoms with van der Waals surface area (Å²) in [5.41, 5.74) is 6.44. The van der Waals surface area contributed by atoms with Crippen molar-refractivity contribution < 1.29 is 18.8 Å². The van der Waals surface area contributed by atoms with Crippen molar-refractivity contribution >= 4 is 22.9 Å². The Labute approximate surface area is 198 Å². The summed E-state index contributed by atoms with van der Waals surface area (Å²) in [4.78, 5) is 21.4. The van der Waals surface area contributed by atoms with E-state index in [9.17, 15) is 4.79 Å². The van der Waals surface area contributed by atoms with E-state index in [1.807, 2.05) is 22.8 Å². The van der Waals surface area contributed by atoms with Crippen LogP contribution in [0.5, 0.6) is 11.5 Å². The summed E-state index contributed by atoms with van der Waals surface area (Å²) < 4.78 is 13.7. The highest BCUT2D eigenvalue weighted by molar-refractivity contribution is 6.58. The van der Waals surface area contributed by atoms with Gasteiger partial charge in [-0.3, -0.25) is 14.8 Å². The number of benzene rings is 1. The van der Waals surface area contributed by atoms with E-state index in [1.54, 1.807) is 25.7 Å². The number of amides is 1. The molecule has 0 saturated heterocycles. The fraction of sp³-hybridized carbons (Fsp3) is 0.259. The molecule has 0 bridgehead atoms. The highest BCUT2D eigenvalue weighted by Crippen LogP contribution is 2.38. The van der Waals surface area contributed by atoms with Crippen LogP contribution in [0.1, 0.15) is 42.1 Å². The van der Waals surface area contributed by atoms with Gasteiger partial charge in [0.05, 0.1) is 31.1 Å². The number of rotatable bonds is 7. The molecule has 7 nitrogen and oxygen atoms in total. The molecule has 1 N–H and O–H groups in total. The summed E-state index contributed by atoms with van der Waals surface area (Å²) >= 11 is 0. The summed E-state index contributed by atoms with van der Waals surface area (Å²) in [7, 11) is 1.61. The maximum absolute atomic E-state index is 12.6. The zero-order valence-electron chi connectivity index (χ0n) is 19.5. The topological polar surface area (TPSA) is 76.4 Å². The third kappa shape index (κ3) is 3.94. The third-order valence-corrected chi connectivity index (χ3v) is 6.15. The van der Waals surface area contributed by atoms with E-state index in [1.165, 1.54) is 5.56 Å². The quantitative estimate of drug-likeness (QED) is 0.551. The Hall–Kier alpha value is -4.00. The summed E-state index contributed by atoms with van der Waals surface area (Å²) in [5.74, 6) is 1.52. The summed E-state index contributed by atoms with van der Waals surface area (Å²) in [6.45, 7) is 6.09. The van der Waals surface area contributed by atoms with Gasteiger partial charge in [-0.05, 0) is 29.2 Å². The van der Waals surface area contributed by atoms with Crippen LogP contribution in [-0.4, -0.2) is 46.4 Å². The summed E-state index contributed by atoms with van der Waals surface area (Å²) in [5, 5.41) is 2.93. The second kappa shape index (κ2) is 9.09. The van der Waals surface area contributed by atoms with Crippen LogP contribution in [0.4, 0.5) is 0 Å². The largest absolute Gasteiger partial charge is 0.493 e. The minimum atomic E-state index is -0.0926. The summed E-state index contributed by atoms with van der Waals surface area (Å²) in [6.07, 6.45) is 5.17. The number of methoxy groups -OCH3 is 1. The van der Waals surface area contributed by atoms with Gasteiger partial charge in [0.25, 0.3) is 5.71 Å². The van der Waals surface area contributed by atoms with Gasteiger partial charge in [-0.15, -0.1) is 0 Å². The van der Waals surface area contributed by atoms with Crippen LogP contribution in [0.15, 0.2) is 61.1 Å². The molecule has 172 valence electrons. The van der Waals surface area contributed by atoms with Gasteiger partial charge in [0.2, 0.25) is 5.70 Å². The molecule has 7 heteroatoms. The lowest BCUT2D eigenvalue weighted by atomic mass is 9.90. The van der Waals surface area contributed by atoms with E-state index in [2.05, 4.69) is 53.4 Å². The van der Waals surface area contributed by atoms with Gasteiger partial charge in [-0.25, -0.2) is 0 Å². The minimum Gasteiger partial charge on any atom is -0.493 e. The van der Waals surface area contributed by atoms with Gasteiger partial charge in [0.1, 0.15) is 12.2 Å². The van der Waals surface area contributed by atoms with Crippen LogP contribution in [0, 0.1) is 0 Å². The molecule has 0 spiro atoms. The maximum atomic E-state index is 12.6. The van der Waals surface area contributed by atoms with Gasteiger partial charge >= 0.3 is 5.91 Å². The number of hydrogen-bond acceptors (Lipinski definition) is 5. The van der Waals surface area contributed by atoms with Crippen molar-refractivity contribution in [2.24, 2.45) is 0 Å². The number of nitrogens with zero attached hydrogens (tertiary/aromatic N) is 3. The fourth-order valence-corrected chi connectivity index (χ4v) is 4.31. The molecule has 0 aliphatic carbocycles. The van der Waals surface area contributed by atoms with Crippen molar-refractivity contribution in [3.63, 3.8) is 0 Å². The Morgan fingerprint density at radius 3 is 2.56 bits per heavy atom. The Morgan fingerprint density at radius 1 is 1.09 bits per heavy atom. The summed E-state index contributed by atoms with van der Waals surface area (Å²) in [6, 6.07) is 14.1. The maximum Gasteiger partial charge on any atom is 0.317 e. The molecule has 3 aromatic rings. The van der Waals surface area contributed by atoms with Crippen LogP contribution in [0.25, 0.3) is 11.3 Å². The zero-order chi connectivity index (χ0) is 23.7. The number of nitrogens with one attached hydrogen (secondary N) is 1. The standard InChI is InChI=1S/C27H26N4O3/c1-17(2)19-6-4-18(5-7-19)16-34-23-15-30-21(14-22(23)33-3)24-25(20-8-10-28-11-9-20)31-13-12-29-27(32)26(24)31/h4-11,14-15,17H,12-13,16H2,1-3H3/p+1. The van der Waals surface area contributed by atoms with E-state index in [0.717, 1.165) is 28.9 Å². The second-order valence-corrected chi connectivity index (χ2v) is 8.62. The molecule has 1 amide bonds. The van der Waals surface area contributed by atoms with Crippen LogP contribution < -0.4 is 14.8 Å². The van der Waals surface area contributed by atoms with Crippen molar-refractivity contribution in [1.82, 2.24) is 15.3 Å². The van der Waals surface area contributed by atoms with E-state index in [0.29, 0.717) is 42.0 Å². The number of carbonyl (C=O) groups is 1. The first-order valence-corrected chi connectivity index (χ1v) is 11.4. The first-order valence-electron chi connectivity index (χ1n) is 11.4. The highest BCUT2D eigenvalue weighted by Gasteiger charge is 2.47. The van der Waals surface area contributed by atoms with Gasteiger partial charge in [0, 0.05) is 18.5 Å². The van der Waals surface area contributed by atoms with Crippen LogP contribution in [0.3, 0.4) is 0 Å². The Kier molecular flexibility index (Phi) is 5.84. The normalized spacial score (nSPS) is 15.1. The first kappa shape index (κ1) is 21.8. The van der Waals surface area contributed by atoms with E-state index in [4.69, 9.17) is 9.47 Å². The molecule has 0 atom stereocenters. The number of pyridine rings is 2. The second-order valence-electron chi connectivity index (χ2n) is 8.62. The fourth-order valence-electron chi connectivity index (χ4n) is 4.31. The first-order chi connectivity index (χ1) is 16.6. The molecule has 2 aliphatic heterocycles. The van der Waals surface area contributed by atoms with Crippen molar-refractivity contribution in [3.8, 4) is 11.5 Å². The Bertz CT molecular complexity index is 1300. The van der Waals surface area contributed by atoms with Crippen LogP contribution in [-0.2, 0) is 11.4 Å². The lowest BCUT2D eigenvalue weighted by molar-refractivity contribution is -0.438. The van der Waals surface area contributed by atoms with Crippen LogP contribution in [0.2, 0.25) is 0 Å². The molecule has 0 fully saturated rings. The average Bonchev–Trinajstić information content (AvgIpc) is 2.85. The average molecular weight is 456 g/mol. The van der Waals surface area contributed by atoms with Crippen LogP contribution >= 0.6 is 0 Å². The molecule has 34 heavy (non-hydrogen) atoms. The Morgan fingerprint density at radius 2 is 1.85 bits per heavy atom. The lowest BCUT2D eigenvalue weighted by Gasteiger charge is -2.26. The van der Waals surface area contributed by atoms with Crippen molar-refractivity contribution in [1.29, 1.82) is 0 Å². The Balaban J connectivity index is 1.44. The smallest absolute Gasteiger partial charge is 0.317 e. The lowest BCUT2D eigenvalue weighted by Crippen LogP contribution is -2.51. The molecule has 0 unspecified atom stereocenters. The number of ether oxygens (including phenoxy) is 2. The monoisotopic (exact) mass is 455 g/mol. The van der Waals surface area contributed by atoms with Crippen molar-refractivity contribution in [2.45, 2.75) is 26.4 Å². The third-order valence-electron chi connectivity index (χ3n) is 6.15. The number of hydrogen-bond donors (Lipinski definition) is 1. The van der Waals surface area contributed by atoms with Crippen molar-refractivity contribution in [3.05, 3.63) is 83.4 Å². The van der Waals surface area contributed by atoms with Gasteiger partial charge in [-0.1, -0.05) is 38.1 Å². The molecule has 2 aliphatic rings. The van der Waals surface area contributed by atoms with Gasteiger partial charge in [0.15, 0.2) is 18.0 Å². The molecule has 1 aromatic carbocycles. The predicted molar refractivity (Wildman–Crippen MR) is 130 cm³/mol. The predicted octanol–water partition coefficient (Wildman–Crippen LogP) is 3.65. The minimum absolute atomic E-state index is 0.0926. The van der Waals surface area contributed by atoms with Gasteiger partial charge < -0.3 is 14.8 Å². The van der Waals surface area contributed by atoms with Crippen molar-refractivity contribution in [2.75, 3.05) is 20.2 Å². The zero-order valence-corrected chi connectivity index (χ0v) is 19.5. The molecule has 2 aromatic heterocycles. The van der Waals surface area contributed by atoms with E-state index in [-0.39, 0.29) is 5.91 Å². The molecular weight excluding hydrogens is 428 g/mol. The molecule has 0 radical (unpaired) electrons. The van der Waals surface area contributed by atoms with Gasteiger partial charge in [-0.2, -0.15) is 4.58 Å². The molecule has 5 rings (SSSR count). The van der Waals surface area contributed by atoms with E-state index < -0.39 is 0 Å².